The molecule has 116 valence electrons. The first kappa shape index (κ1) is 16.4. The van der Waals surface area contributed by atoms with Crippen LogP contribution in [0.5, 0.6) is 11.5 Å². The van der Waals surface area contributed by atoms with Crippen LogP contribution in [0.3, 0.4) is 0 Å². The van der Waals surface area contributed by atoms with Gasteiger partial charge in [-0.3, -0.25) is 4.79 Å². The maximum absolute atomic E-state index is 12.6. The SMILES string of the molecule is CCC(=O)c1cccc(Oc2ccc(C(F)(F)F)cc2Cl)c1. The highest BCUT2D eigenvalue weighted by atomic mass is 35.5. The highest BCUT2D eigenvalue weighted by Crippen LogP contribution is 2.36. The quantitative estimate of drug-likeness (QED) is 0.668. The number of Topliss-reactive ketones (excluding diaryl/α,β-unsaturated/α-hetero) is 1. The number of rotatable bonds is 4. The molecule has 0 saturated heterocycles. The fourth-order valence-electron chi connectivity index (χ4n) is 1.82. The lowest BCUT2D eigenvalue weighted by atomic mass is 10.1. The molecule has 0 radical (unpaired) electrons. The summed E-state index contributed by atoms with van der Waals surface area (Å²) < 4.78 is 43.2. The van der Waals surface area contributed by atoms with E-state index in [0.717, 1.165) is 18.2 Å². The molecule has 2 nitrogen and oxygen atoms in total. The lowest BCUT2D eigenvalue weighted by Crippen LogP contribution is -2.04. The molecule has 0 aromatic heterocycles. The molecule has 0 aliphatic rings. The van der Waals surface area contributed by atoms with E-state index in [2.05, 4.69) is 0 Å². The second-order valence-electron chi connectivity index (χ2n) is 4.55. The predicted molar refractivity (Wildman–Crippen MR) is 77.6 cm³/mol. The van der Waals surface area contributed by atoms with Crippen LogP contribution in [0.15, 0.2) is 42.5 Å². The smallest absolute Gasteiger partial charge is 0.416 e. The van der Waals surface area contributed by atoms with Gasteiger partial charge in [-0.15, -0.1) is 0 Å². The zero-order valence-electron chi connectivity index (χ0n) is 11.6. The Bertz CT molecular complexity index is 696. The fourth-order valence-corrected chi connectivity index (χ4v) is 2.04. The van der Waals surface area contributed by atoms with E-state index in [1.807, 2.05) is 0 Å². The number of halogens is 4. The molecule has 6 heteroatoms. The van der Waals surface area contributed by atoms with Crippen LogP contribution < -0.4 is 4.74 Å². The minimum absolute atomic E-state index is 0.0519. The van der Waals surface area contributed by atoms with Gasteiger partial charge in [0, 0.05) is 12.0 Å². The van der Waals surface area contributed by atoms with Crippen molar-refractivity contribution in [2.24, 2.45) is 0 Å². The average Bonchev–Trinajstić information content (AvgIpc) is 2.47. The predicted octanol–water partition coefficient (Wildman–Crippen LogP) is 5.74. The average molecular weight is 329 g/mol. The Balaban J connectivity index is 2.26. The Hall–Kier alpha value is -2.01. The molecule has 0 spiro atoms. The van der Waals surface area contributed by atoms with Gasteiger partial charge in [-0.05, 0) is 30.3 Å². The zero-order chi connectivity index (χ0) is 16.3. The summed E-state index contributed by atoms with van der Waals surface area (Å²) in [5.41, 5.74) is -0.372. The third kappa shape index (κ3) is 3.80. The largest absolute Gasteiger partial charge is 0.456 e. The maximum atomic E-state index is 12.6. The standard InChI is InChI=1S/C16H12ClF3O2/c1-2-14(21)10-4-3-5-12(8-10)22-15-7-6-11(9-13(15)17)16(18,19)20/h3-9H,2H2,1H3. The number of alkyl halides is 3. The molecule has 0 N–H and O–H groups in total. The number of carbonyl (C=O) groups excluding carboxylic acids is 1. The second kappa shape index (κ2) is 6.40. The minimum atomic E-state index is -4.46. The van der Waals surface area contributed by atoms with Crippen molar-refractivity contribution in [3.05, 3.63) is 58.6 Å². The van der Waals surface area contributed by atoms with Gasteiger partial charge in [0.15, 0.2) is 5.78 Å². The first-order chi connectivity index (χ1) is 10.3. The summed E-state index contributed by atoms with van der Waals surface area (Å²) in [5, 5.41) is -0.151. The summed E-state index contributed by atoms with van der Waals surface area (Å²) in [7, 11) is 0. The van der Waals surface area contributed by atoms with Crippen molar-refractivity contribution in [2.45, 2.75) is 19.5 Å². The minimum Gasteiger partial charge on any atom is -0.456 e. The normalized spacial score (nSPS) is 11.3. The van der Waals surface area contributed by atoms with E-state index in [1.54, 1.807) is 25.1 Å². The van der Waals surface area contributed by atoms with Crippen LogP contribution in [-0.2, 0) is 6.18 Å². The lowest BCUT2D eigenvalue weighted by Gasteiger charge is -2.11. The molecular weight excluding hydrogens is 317 g/mol. The maximum Gasteiger partial charge on any atom is 0.416 e. The van der Waals surface area contributed by atoms with Crippen molar-refractivity contribution in [1.82, 2.24) is 0 Å². The van der Waals surface area contributed by atoms with Gasteiger partial charge in [0.05, 0.1) is 10.6 Å². The van der Waals surface area contributed by atoms with E-state index >= 15 is 0 Å². The van der Waals surface area contributed by atoms with Crippen LogP contribution in [0.25, 0.3) is 0 Å². The first-order valence-corrected chi connectivity index (χ1v) is 6.87. The number of ether oxygens (including phenoxy) is 1. The molecular formula is C16H12ClF3O2. The zero-order valence-corrected chi connectivity index (χ0v) is 12.3. The summed E-state index contributed by atoms with van der Waals surface area (Å²) in [6, 6.07) is 9.25. The fraction of sp³-hybridized carbons (Fsp3) is 0.188. The number of hydrogen-bond acceptors (Lipinski definition) is 2. The lowest BCUT2D eigenvalue weighted by molar-refractivity contribution is -0.137. The molecule has 0 aliphatic carbocycles. The Morgan fingerprint density at radius 3 is 2.50 bits per heavy atom. The Morgan fingerprint density at radius 2 is 1.91 bits per heavy atom. The monoisotopic (exact) mass is 328 g/mol. The summed E-state index contributed by atoms with van der Waals surface area (Å²) in [6.45, 7) is 1.74. The van der Waals surface area contributed by atoms with Gasteiger partial charge in [-0.25, -0.2) is 0 Å². The van der Waals surface area contributed by atoms with Crippen molar-refractivity contribution < 1.29 is 22.7 Å². The number of benzene rings is 2. The van der Waals surface area contributed by atoms with E-state index < -0.39 is 11.7 Å². The molecule has 0 bridgehead atoms. The molecule has 0 unspecified atom stereocenters. The first-order valence-electron chi connectivity index (χ1n) is 6.49. The Morgan fingerprint density at radius 1 is 1.18 bits per heavy atom. The Kier molecular flexibility index (Phi) is 4.76. The van der Waals surface area contributed by atoms with E-state index in [4.69, 9.17) is 16.3 Å². The van der Waals surface area contributed by atoms with Gasteiger partial charge in [0.25, 0.3) is 0 Å². The van der Waals surface area contributed by atoms with E-state index in [0.29, 0.717) is 17.7 Å². The van der Waals surface area contributed by atoms with Gasteiger partial charge in [-0.1, -0.05) is 30.7 Å². The summed E-state index contributed by atoms with van der Waals surface area (Å²) in [6.07, 6.45) is -4.11. The van der Waals surface area contributed by atoms with E-state index in [9.17, 15) is 18.0 Å². The molecule has 22 heavy (non-hydrogen) atoms. The van der Waals surface area contributed by atoms with Crippen molar-refractivity contribution in [2.75, 3.05) is 0 Å². The molecule has 0 heterocycles. The molecule has 0 amide bonds. The topological polar surface area (TPSA) is 26.3 Å². The van der Waals surface area contributed by atoms with Gasteiger partial charge in [-0.2, -0.15) is 13.2 Å². The summed E-state index contributed by atoms with van der Waals surface area (Å²) in [4.78, 5) is 11.6. The van der Waals surface area contributed by atoms with Gasteiger partial charge in [0.1, 0.15) is 11.5 Å². The summed E-state index contributed by atoms with van der Waals surface area (Å²) >= 11 is 5.82. The second-order valence-corrected chi connectivity index (χ2v) is 4.96. The van der Waals surface area contributed by atoms with E-state index in [1.165, 1.54) is 6.07 Å². The van der Waals surface area contributed by atoms with Crippen LogP contribution in [0.1, 0.15) is 29.3 Å². The molecule has 0 saturated carbocycles. The molecule has 2 rings (SSSR count). The third-order valence-corrected chi connectivity index (χ3v) is 3.26. The van der Waals surface area contributed by atoms with Crippen molar-refractivity contribution >= 4 is 17.4 Å². The van der Waals surface area contributed by atoms with Crippen molar-refractivity contribution in [3.63, 3.8) is 0 Å². The highest BCUT2D eigenvalue weighted by Gasteiger charge is 2.31. The van der Waals surface area contributed by atoms with Crippen LogP contribution in [0, 0.1) is 0 Å². The van der Waals surface area contributed by atoms with E-state index in [-0.39, 0.29) is 16.6 Å². The van der Waals surface area contributed by atoms with Crippen LogP contribution in [-0.4, -0.2) is 5.78 Å². The third-order valence-electron chi connectivity index (χ3n) is 2.96. The molecule has 0 aliphatic heterocycles. The number of carbonyl (C=O) groups is 1. The molecule has 0 fully saturated rings. The summed E-state index contributed by atoms with van der Waals surface area (Å²) in [5.74, 6) is 0.376. The van der Waals surface area contributed by atoms with Crippen molar-refractivity contribution in [1.29, 1.82) is 0 Å². The number of hydrogen-bond donors (Lipinski definition) is 0. The number of ketones is 1. The van der Waals surface area contributed by atoms with Gasteiger partial charge >= 0.3 is 6.18 Å². The Labute approximate surface area is 130 Å². The van der Waals surface area contributed by atoms with Crippen LogP contribution in [0.4, 0.5) is 13.2 Å². The van der Waals surface area contributed by atoms with Crippen LogP contribution in [0.2, 0.25) is 5.02 Å². The molecule has 2 aromatic carbocycles. The van der Waals surface area contributed by atoms with Gasteiger partial charge < -0.3 is 4.74 Å². The van der Waals surface area contributed by atoms with Crippen molar-refractivity contribution in [3.8, 4) is 11.5 Å². The molecule has 2 aromatic rings. The van der Waals surface area contributed by atoms with Gasteiger partial charge in [0.2, 0.25) is 0 Å². The highest BCUT2D eigenvalue weighted by molar-refractivity contribution is 6.32. The molecule has 0 atom stereocenters. The van der Waals surface area contributed by atoms with Crippen LogP contribution >= 0.6 is 11.6 Å².